The number of carbonyl (C=O) groups excluding carboxylic acids is 1. The van der Waals surface area contributed by atoms with Crippen LogP contribution in [0.4, 0.5) is 5.69 Å². The van der Waals surface area contributed by atoms with Crippen LogP contribution in [-0.4, -0.2) is 46.7 Å². The van der Waals surface area contributed by atoms with Crippen molar-refractivity contribution in [1.29, 1.82) is 0 Å². The quantitative estimate of drug-likeness (QED) is 0.913. The van der Waals surface area contributed by atoms with Crippen LogP contribution in [0.5, 0.6) is 5.75 Å². The maximum Gasteiger partial charge on any atom is 0.270 e. The smallest absolute Gasteiger partial charge is 0.270 e. The normalized spacial score (nSPS) is 15.3. The van der Waals surface area contributed by atoms with Crippen molar-refractivity contribution >= 4 is 11.6 Å². The summed E-state index contributed by atoms with van der Waals surface area (Å²) in [7, 11) is 1.89. The standard InChI is InChI=1S/C16H19N3O2/c1-17-8-2-3-15(17)16(21)19-11-9-18(10-12-19)13-4-6-14(20)7-5-13/h2-8,20H,9-12H2,1H3. The molecule has 3 rings (SSSR count). The predicted octanol–water partition coefficient (Wildman–Crippen LogP) is 1.69. The third kappa shape index (κ3) is 2.72. The molecule has 1 aliphatic rings. The summed E-state index contributed by atoms with van der Waals surface area (Å²) in [4.78, 5) is 16.5. The molecule has 1 aliphatic heterocycles. The molecule has 0 radical (unpaired) electrons. The predicted molar refractivity (Wildman–Crippen MR) is 81.6 cm³/mol. The van der Waals surface area contributed by atoms with Crippen LogP contribution in [0, 0.1) is 0 Å². The summed E-state index contributed by atoms with van der Waals surface area (Å²) in [5.74, 6) is 0.365. The zero-order valence-corrected chi connectivity index (χ0v) is 12.1. The van der Waals surface area contributed by atoms with Gasteiger partial charge < -0.3 is 19.5 Å². The maximum atomic E-state index is 12.4. The largest absolute Gasteiger partial charge is 0.508 e. The SMILES string of the molecule is Cn1cccc1C(=O)N1CCN(c2ccc(O)cc2)CC1. The molecule has 5 nitrogen and oxygen atoms in total. The number of phenols is 1. The Morgan fingerprint density at radius 1 is 1.05 bits per heavy atom. The Hall–Kier alpha value is -2.43. The number of anilines is 1. The van der Waals surface area contributed by atoms with Crippen LogP contribution in [0.25, 0.3) is 0 Å². The molecule has 0 aliphatic carbocycles. The number of hydrogen-bond donors (Lipinski definition) is 1. The van der Waals surface area contributed by atoms with Gasteiger partial charge in [-0.05, 0) is 36.4 Å². The number of nitrogens with zero attached hydrogens (tertiary/aromatic N) is 3. The van der Waals surface area contributed by atoms with Crippen molar-refractivity contribution in [3.8, 4) is 5.75 Å². The van der Waals surface area contributed by atoms with E-state index in [0.717, 1.165) is 24.5 Å². The van der Waals surface area contributed by atoms with Crippen molar-refractivity contribution in [3.05, 3.63) is 48.3 Å². The number of piperazine rings is 1. The monoisotopic (exact) mass is 285 g/mol. The summed E-state index contributed by atoms with van der Waals surface area (Å²) in [6, 6.07) is 10.9. The zero-order chi connectivity index (χ0) is 14.8. The van der Waals surface area contributed by atoms with E-state index in [1.54, 1.807) is 12.1 Å². The van der Waals surface area contributed by atoms with Crippen molar-refractivity contribution in [3.63, 3.8) is 0 Å². The Morgan fingerprint density at radius 2 is 1.71 bits per heavy atom. The molecule has 1 fully saturated rings. The van der Waals surface area contributed by atoms with E-state index < -0.39 is 0 Å². The fraction of sp³-hybridized carbons (Fsp3) is 0.312. The number of aryl methyl sites for hydroxylation is 1. The summed E-state index contributed by atoms with van der Waals surface area (Å²) in [6.07, 6.45) is 1.89. The second-order valence-electron chi connectivity index (χ2n) is 5.30. The number of benzene rings is 1. The second kappa shape index (κ2) is 5.52. The van der Waals surface area contributed by atoms with Gasteiger partial charge >= 0.3 is 0 Å². The minimum Gasteiger partial charge on any atom is -0.508 e. The highest BCUT2D eigenvalue weighted by molar-refractivity contribution is 5.92. The summed E-state index contributed by atoms with van der Waals surface area (Å²) < 4.78 is 1.86. The molecule has 0 bridgehead atoms. The van der Waals surface area contributed by atoms with Gasteiger partial charge in [0.2, 0.25) is 0 Å². The maximum absolute atomic E-state index is 12.4. The van der Waals surface area contributed by atoms with E-state index in [0.29, 0.717) is 13.1 Å². The zero-order valence-electron chi connectivity index (χ0n) is 12.1. The number of amides is 1. The molecule has 1 aromatic carbocycles. The van der Waals surface area contributed by atoms with Gasteiger partial charge in [-0.15, -0.1) is 0 Å². The average molecular weight is 285 g/mol. The van der Waals surface area contributed by atoms with Crippen LogP contribution in [0.1, 0.15) is 10.5 Å². The van der Waals surface area contributed by atoms with Crippen molar-refractivity contribution in [1.82, 2.24) is 9.47 Å². The van der Waals surface area contributed by atoms with Crippen LogP contribution in [0.15, 0.2) is 42.6 Å². The van der Waals surface area contributed by atoms with E-state index in [-0.39, 0.29) is 11.7 Å². The highest BCUT2D eigenvalue weighted by Gasteiger charge is 2.23. The summed E-state index contributed by atoms with van der Waals surface area (Å²) in [6.45, 7) is 3.04. The fourth-order valence-corrected chi connectivity index (χ4v) is 2.68. The molecule has 110 valence electrons. The third-order valence-electron chi connectivity index (χ3n) is 3.94. The Bertz CT molecular complexity index is 625. The van der Waals surface area contributed by atoms with Gasteiger partial charge in [0.05, 0.1) is 0 Å². The van der Waals surface area contributed by atoms with E-state index >= 15 is 0 Å². The lowest BCUT2D eigenvalue weighted by Crippen LogP contribution is -2.49. The molecule has 0 atom stereocenters. The molecular weight excluding hydrogens is 266 g/mol. The first-order valence-electron chi connectivity index (χ1n) is 7.10. The Kier molecular flexibility index (Phi) is 3.56. The molecule has 0 spiro atoms. The number of hydrogen-bond acceptors (Lipinski definition) is 3. The molecule has 1 saturated heterocycles. The molecular formula is C16H19N3O2. The van der Waals surface area contributed by atoms with E-state index in [1.165, 1.54) is 0 Å². The van der Waals surface area contributed by atoms with Gasteiger partial charge in [-0.2, -0.15) is 0 Å². The molecule has 21 heavy (non-hydrogen) atoms. The molecule has 0 saturated carbocycles. The fourth-order valence-electron chi connectivity index (χ4n) is 2.68. The topological polar surface area (TPSA) is 48.7 Å². The van der Waals surface area contributed by atoms with E-state index in [2.05, 4.69) is 4.90 Å². The molecule has 1 N–H and O–H groups in total. The van der Waals surface area contributed by atoms with Gasteiger partial charge in [-0.25, -0.2) is 0 Å². The minimum atomic E-state index is 0.0906. The first-order valence-corrected chi connectivity index (χ1v) is 7.10. The van der Waals surface area contributed by atoms with Crippen LogP contribution >= 0.6 is 0 Å². The molecule has 2 aromatic rings. The first-order chi connectivity index (χ1) is 10.1. The number of aromatic hydroxyl groups is 1. The number of carbonyl (C=O) groups is 1. The van der Waals surface area contributed by atoms with Gasteiger partial charge in [-0.1, -0.05) is 0 Å². The van der Waals surface area contributed by atoms with E-state index in [1.807, 2.05) is 47.0 Å². The lowest BCUT2D eigenvalue weighted by atomic mass is 10.2. The molecule has 2 heterocycles. The molecule has 1 aromatic heterocycles. The lowest BCUT2D eigenvalue weighted by Gasteiger charge is -2.36. The average Bonchev–Trinajstić information content (AvgIpc) is 2.94. The van der Waals surface area contributed by atoms with Crippen molar-refractivity contribution in [2.24, 2.45) is 7.05 Å². The van der Waals surface area contributed by atoms with Crippen LogP contribution in [0.3, 0.4) is 0 Å². The summed E-state index contributed by atoms with van der Waals surface area (Å²) in [5.41, 5.74) is 1.81. The van der Waals surface area contributed by atoms with Gasteiger partial charge in [0.1, 0.15) is 11.4 Å². The summed E-state index contributed by atoms with van der Waals surface area (Å²) in [5, 5.41) is 9.33. The Balaban J connectivity index is 1.64. The molecule has 0 unspecified atom stereocenters. The number of phenolic OH excluding ortho intramolecular Hbond substituents is 1. The minimum absolute atomic E-state index is 0.0906. The summed E-state index contributed by atoms with van der Waals surface area (Å²) >= 11 is 0. The first kappa shape index (κ1) is 13.5. The van der Waals surface area contributed by atoms with Gasteiger partial charge in [0, 0.05) is 45.1 Å². The Morgan fingerprint density at radius 3 is 2.29 bits per heavy atom. The number of aromatic nitrogens is 1. The van der Waals surface area contributed by atoms with Gasteiger partial charge in [0.15, 0.2) is 0 Å². The van der Waals surface area contributed by atoms with E-state index in [4.69, 9.17) is 0 Å². The third-order valence-corrected chi connectivity index (χ3v) is 3.94. The Labute approximate surface area is 124 Å². The molecule has 5 heteroatoms. The highest BCUT2D eigenvalue weighted by Crippen LogP contribution is 2.20. The van der Waals surface area contributed by atoms with E-state index in [9.17, 15) is 9.90 Å². The van der Waals surface area contributed by atoms with Gasteiger partial charge in [0.25, 0.3) is 5.91 Å². The highest BCUT2D eigenvalue weighted by atomic mass is 16.3. The van der Waals surface area contributed by atoms with Crippen LogP contribution < -0.4 is 4.90 Å². The molecule has 1 amide bonds. The van der Waals surface area contributed by atoms with Crippen molar-refractivity contribution in [2.75, 3.05) is 31.1 Å². The second-order valence-corrected chi connectivity index (χ2v) is 5.30. The van der Waals surface area contributed by atoms with Crippen molar-refractivity contribution in [2.45, 2.75) is 0 Å². The van der Waals surface area contributed by atoms with Crippen LogP contribution in [0.2, 0.25) is 0 Å². The van der Waals surface area contributed by atoms with Crippen LogP contribution in [-0.2, 0) is 7.05 Å². The van der Waals surface area contributed by atoms with Crippen molar-refractivity contribution < 1.29 is 9.90 Å². The number of rotatable bonds is 2. The lowest BCUT2D eigenvalue weighted by molar-refractivity contribution is 0.0737. The van der Waals surface area contributed by atoms with Gasteiger partial charge in [-0.3, -0.25) is 4.79 Å².